The molecule has 6 heteroatoms. The third-order valence-corrected chi connectivity index (χ3v) is 3.20. The van der Waals surface area contributed by atoms with Crippen molar-refractivity contribution in [1.82, 2.24) is 10.0 Å². The van der Waals surface area contributed by atoms with Gasteiger partial charge in [-0.1, -0.05) is 11.2 Å². The molecular weight excluding hydrogens is 232 g/mol. The second-order valence-corrected chi connectivity index (χ2v) is 4.83. The standard InChI is InChI=1S/C12H15N4O2/c1-11(2)10(8-14-17)15-12(3,16(11)18)9-6-4-5-7-13-9/h4-8,17H,1-3H3/b14-8+. The van der Waals surface area contributed by atoms with Crippen molar-refractivity contribution in [2.45, 2.75) is 32.0 Å². The molecule has 0 aromatic carbocycles. The van der Waals surface area contributed by atoms with Gasteiger partial charge in [-0.25, -0.2) is 0 Å². The molecule has 1 unspecified atom stereocenters. The molecule has 0 fully saturated rings. The molecule has 1 atom stereocenters. The lowest BCUT2D eigenvalue weighted by atomic mass is 9.98. The summed E-state index contributed by atoms with van der Waals surface area (Å²) >= 11 is 0. The predicted octanol–water partition coefficient (Wildman–Crippen LogP) is 1.59. The molecule has 0 saturated carbocycles. The number of nitrogens with zero attached hydrogens (tertiary/aromatic N) is 4. The Kier molecular flexibility index (Phi) is 2.92. The first-order chi connectivity index (χ1) is 8.43. The molecule has 0 aliphatic carbocycles. The van der Waals surface area contributed by atoms with Gasteiger partial charge in [-0.15, -0.1) is 10.3 Å². The van der Waals surface area contributed by atoms with Gasteiger partial charge in [0.05, 0.1) is 23.2 Å². The van der Waals surface area contributed by atoms with Gasteiger partial charge in [0.1, 0.15) is 0 Å². The molecule has 2 rings (SSSR count). The number of oxime groups is 1. The summed E-state index contributed by atoms with van der Waals surface area (Å²) in [5, 5.41) is 24.9. The zero-order valence-electron chi connectivity index (χ0n) is 10.5. The van der Waals surface area contributed by atoms with Crippen LogP contribution in [0, 0.1) is 0 Å². The van der Waals surface area contributed by atoms with E-state index in [0.717, 1.165) is 5.06 Å². The van der Waals surface area contributed by atoms with E-state index in [9.17, 15) is 5.21 Å². The van der Waals surface area contributed by atoms with Crippen molar-refractivity contribution < 1.29 is 10.4 Å². The van der Waals surface area contributed by atoms with Gasteiger partial charge in [0, 0.05) is 6.20 Å². The number of aliphatic imine (C=N–C) groups is 1. The zero-order chi connectivity index (χ0) is 13.4. The predicted molar refractivity (Wildman–Crippen MR) is 65.9 cm³/mol. The number of pyridine rings is 1. The minimum Gasteiger partial charge on any atom is -0.411 e. The van der Waals surface area contributed by atoms with E-state index in [-0.39, 0.29) is 0 Å². The number of hydroxylamine groups is 2. The molecule has 1 aromatic rings. The van der Waals surface area contributed by atoms with Crippen molar-refractivity contribution in [2.75, 3.05) is 0 Å². The zero-order valence-corrected chi connectivity index (χ0v) is 10.5. The molecule has 0 spiro atoms. The van der Waals surface area contributed by atoms with Crippen molar-refractivity contribution in [3.63, 3.8) is 0 Å². The van der Waals surface area contributed by atoms with E-state index >= 15 is 0 Å². The SMILES string of the molecule is CC1(C)C(/C=N/O)=NC(C)(c2ccccn2)N1[O]. The highest BCUT2D eigenvalue weighted by molar-refractivity contribution is 6.35. The third-order valence-electron chi connectivity index (χ3n) is 3.20. The van der Waals surface area contributed by atoms with Crippen LogP contribution in [0.5, 0.6) is 0 Å². The van der Waals surface area contributed by atoms with Crippen molar-refractivity contribution in [3.05, 3.63) is 30.1 Å². The van der Waals surface area contributed by atoms with Gasteiger partial charge in [0.15, 0.2) is 5.66 Å². The van der Waals surface area contributed by atoms with E-state index in [2.05, 4.69) is 15.1 Å². The third kappa shape index (κ3) is 1.70. The van der Waals surface area contributed by atoms with Crippen LogP contribution < -0.4 is 0 Å². The Balaban J connectivity index is 2.53. The fraction of sp³-hybridized carbons (Fsp3) is 0.417. The van der Waals surface area contributed by atoms with E-state index in [0.29, 0.717) is 11.4 Å². The van der Waals surface area contributed by atoms with Crippen LogP contribution in [0.15, 0.2) is 34.5 Å². The fourth-order valence-corrected chi connectivity index (χ4v) is 2.11. The summed E-state index contributed by atoms with van der Waals surface area (Å²) in [6.07, 6.45) is 2.81. The summed E-state index contributed by atoms with van der Waals surface area (Å²) < 4.78 is 0. The van der Waals surface area contributed by atoms with Gasteiger partial charge in [-0.3, -0.25) is 9.98 Å². The fourth-order valence-electron chi connectivity index (χ4n) is 2.11. The van der Waals surface area contributed by atoms with E-state index in [1.807, 2.05) is 6.07 Å². The number of hydrogen-bond acceptors (Lipinski definition) is 5. The van der Waals surface area contributed by atoms with Crippen molar-refractivity contribution in [2.24, 2.45) is 10.1 Å². The van der Waals surface area contributed by atoms with Crippen LogP contribution in [0.3, 0.4) is 0 Å². The Morgan fingerprint density at radius 3 is 2.67 bits per heavy atom. The second kappa shape index (κ2) is 4.15. The Hall–Kier alpha value is -1.79. The van der Waals surface area contributed by atoms with Gasteiger partial charge < -0.3 is 5.21 Å². The molecule has 1 aliphatic heterocycles. The van der Waals surface area contributed by atoms with Gasteiger partial charge in [0.25, 0.3) is 0 Å². The molecule has 95 valence electrons. The topological polar surface area (TPSA) is 81.0 Å². The highest BCUT2D eigenvalue weighted by Gasteiger charge is 2.52. The molecule has 1 aromatic heterocycles. The quantitative estimate of drug-likeness (QED) is 0.489. The van der Waals surface area contributed by atoms with Crippen LogP contribution >= 0.6 is 0 Å². The molecule has 1 radical (unpaired) electrons. The average molecular weight is 247 g/mol. The monoisotopic (exact) mass is 247 g/mol. The van der Waals surface area contributed by atoms with Gasteiger partial charge in [-0.2, -0.15) is 0 Å². The lowest BCUT2D eigenvalue weighted by molar-refractivity contribution is -0.250. The molecule has 0 bridgehead atoms. The Labute approximate surface area is 105 Å². The lowest BCUT2D eigenvalue weighted by Crippen LogP contribution is -2.49. The van der Waals surface area contributed by atoms with Crippen molar-refractivity contribution >= 4 is 11.9 Å². The van der Waals surface area contributed by atoms with Crippen LogP contribution in [0.4, 0.5) is 0 Å². The largest absolute Gasteiger partial charge is 0.411 e. The Morgan fingerprint density at radius 1 is 1.39 bits per heavy atom. The first-order valence-corrected chi connectivity index (χ1v) is 5.59. The molecule has 1 N–H and O–H groups in total. The molecule has 2 heterocycles. The van der Waals surface area contributed by atoms with E-state index in [1.54, 1.807) is 39.1 Å². The maximum atomic E-state index is 12.5. The molecule has 0 saturated heterocycles. The lowest BCUT2D eigenvalue weighted by Gasteiger charge is -2.32. The number of rotatable bonds is 2. The van der Waals surface area contributed by atoms with Crippen LogP contribution in [0.25, 0.3) is 0 Å². The summed E-state index contributed by atoms with van der Waals surface area (Å²) in [6.45, 7) is 5.16. The molecule has 18 heavy (non-hydrogen) atoms. The highest BCUT2D eigenvalue weighted by atomic mass is 16.5. The van der Waals surface area contributed by atoms with Crippen LogP contribution in [-0.2, 0) is 10.9 Å². The average Bonchev–Trinajstić information content (AvgIpc) is 2.54. The number of aromatic nitrogens is 1. The maximum Gasteiger partial charge on any atom is 0.179 e. The van der Waals surface area contributed by atoms with Gasteiger partial charge >= 0.3 is 0 Å². The maximum absolute atomic E-state index is 12.5. The number of hydrogen-bond donors (Lipinski definition) is 1. The summed E-state index contributed by atoms with van der Waals surface area (Å²) in [5.41, 5.74) is -0.970. The summed E-state index contributed by atoms with van der Waals surface area (Å²) in [5.74, 6) is 0. The Morgan fingerprint density at radius 2 is 2.11 bits per heavy atom. The Bertz CT molecular complexity index is 498. The van der Waals surface area contributed by atoms with Crippen LogP contribution in [-0.4, -0.2) is 32.7 Å². The van der Waals surface area contributed by atoms with Gasteiger partial charge in [-0.05, 0) is 32.9 Å². The van der Waals surface area contributed by atoms with E-state index < -0.39 is 11.2 Å². The van der Waals surface area contributed by atoms with Crippen molar-refractivity contribution in [1.29, 1.82) is 0 Å². The first kappa shape index (κ1) is 12.7. The minimum atomic E-state index is -1.10. The van der Waals surface area contributed by atoms with Crippen molar-refractivity contribution in [3.8, 4) is 0 Å². The highest BCUT2D eigenvalue weighted by Crippen LogP contribution is 2.39. The molecule has 0 amide bonds. The summed E-state index contributed by atoms with van der Waals surface area (Å²) in [4.78, 5) is 8.56. The molecule has 1 aliphatic rings. The van der Waals surface area contributed by atoms with Crippen LogP contribution in [0.2, 0.25) is 0 Å². The molecule has 6 nitrogen and oxygen atoms in total. The summed E-state index contributed by atoms with van der Waals surface area (Å²) in [6, 6.07) is 5.34. The smallest absolute Gasteiger partial charge is 0.179 e. The second-order valence-electron chi connectivity index (χ2n) is 4.83. The molecular formula is C12H15N4O2. The van der Waals surface area contributed by atoms with E-state index in [4.69, 9.17) is 5.21 Å². The summed E-state index contributed by atoms with van der Waals surface area (Å²) in [7, 11) is 0. The van der Waals surface area contributed by atoms with E-state index in [1.165, 1.54) is 6.21 Å². The van der Waals surface area contributed by atoms with Gasteiger partial charge in [0.2, 0.25) is 0 Å². The first-order valence-electron chi connectivity index (χ1n) is 5.59. The minimum absolute atomic E-state index is 0.424. The van der Waals surface area contributed by atoms with Crippen LogP contribution in [0.1, 0.15) is 26.5 Å². The normalized spacial score (nSPS) is 27.7.